The first kappa shape index (κ1) is 11.4. The van der Waals surface area contributed by atoms with Gasteiger partial charge in [-0.3, -0.25) is 4.79 Å². The van der Waals surface area contributed by atoms with Gasteiger partial charge in [0.15, 0.2) is 17.3 Å². The van der Waals surface area contributed by atoms with E-state index in [2.05, 4.69) is 0 Å². The van der Waals surface area contributed by atoms with Crippen LogP contribution in [-0.2, 0) is 0 Å². The summed E-state index contributed by atoms with van der Waals surface area (Å²) in [7, 11) is 1.36. The summed E-state index contributed by atoms with van der Waals surface area (Å²) in [4.78, 5) is 12.0. The Morgan fingerprint density at radius 3 is 2.76 bits per heavy atom. The molecule has 0 bridgehead atoms. The van der Waals surface area contributed by atoms with Crippen LogP contribution in [0.2, 0.25) is 0 Å². The second kappa shape index (κ2) is 4.41. The normalized spacial score (nSPS) is 10.3. The van der Waals surface area contributed by atoms with Crippen LogP contribution in [0.1, 0.15) is 21.7 Å². The Bertz CT molecular complexity index is 558. The average Bonchev–Trinajstić information content (AvgIpc) is 2.75. The smallest absolute Gasteiger partial charge is 0.199 e. The average molecular weight is 234 g/mol. The van der Waals surface area contributed by atoms with E-state index in [-0.39, 0.29) is 11.3 Å². The third-order valence-corrected chi connectivity index (χ3v) is 2.42. The van der Waals surface area contributed by atoms with Crippen molar-refractivity contribution in [3.8, 4) is 5.75 Å². The lowest BCUT2D eigenvalue weighted by atomic mass is 10.0. The lowest BCUT2D eigenvalue weighted by Gasteiger charge is -2.05. The SMILES string of the molecule is COc1cccc(C(=O)c2coc(C)c2)c1F. The zero-order chi connectivity index (χ0) is 12.4. The zero-order valence-electron chi connectivity index (χ0n) is 9.49. The number of furan rings is 1. The van der Waals surface area contributed by atoms with Crippen molar-refractivity contribution in [2.75, 3.05) is 7.11 Å². The van der Waals surface area contributed by atoms with E-state index in [4.69, 9.17) is 9.15 Å². The molecule has 0 radical (unpaired) electrons. The largest absolute Gasteiger partial charge is 0.494 e. The van der Waals surface area contributed by atoms with Gasteiger partial charge < -0.3 is 9.15 Å². The summed E-state index contributed by atoms with van der Waals surface area (Å²) in [6, 6.07) is 6.03. The minimum absolute atomic E-state index is 0.0230. The fourth-order valence-electron chi connectivity index (χ4n) is 1.56. The minimum Gasteiger partial charge on any atom is -0.494 e. The van der Waals surface area contributed by atoms with Crippen LogP contribution in [0.5, 0.6) is 5.75 Å². The van der Waals surface area contributed by atoms with Crippen LogP contribution in [0.4, 0.5) is 4.39 Å². The van der Waals surface area contributed by atoms with Gasteiger partial charge in [-0.05, 0) is 25.1 Å². The summed E-state index contributed by atoms with van der Waals surface area (Å²) >= 11 is 0. The Labute approximate surface area is 97.8 Å². The van der Waals surface area contributed by atoms with Crippen molar-refractivity contribution in [1.82, 2.24) is 0 Å². The summed E-state index contributed by atoms with van der Waals surface area (Å²) in [6.07, 6.45) is 1.32. The van der Waals surface area contributed by atoms with Crippen LogP contribution in [0, 0.1) is 12.7 Å². The van der Waals surface area contributed by atoms with Crippen LogP contribution in [0.15, 0.2) is 34.9 Å². The molecule has 0 unspecified atom stereocenters. The molecule has 3 nitrogen and oxygen atoms in total. The maximum absolute atomic E-state index is 13.8. The van der Waals surface area contributed by atoms with Crippen LogP contribution < -0.4 is 4.74 Å². The molecular formula is C13H11FO3. The van der Waals surface area contributed by atoms with Gasteiger partial charge in [0.2, 0.25) is 0 Å². The lowest BCUT2D eigenvalue weighted by molar-refractivity contribution is 0.103. The Balaban J connectivity index is 2.44. The van der Waals surface area contributed by atoms with Crippen molar-refractivity contribution < 1.29 is 18.3 Å². The highest BCUT2D eigenvalue weighted by atomic mass is 19.1. The molecule has 1 heterocycles. The highest BCUT2D eigenvalue weighted by Crippen LogP contribution is 2.22. The highest BCUT2D eigenvalue weighted by Gasteiger charge is 2.18. The van der Waals surface area contributed by atoms with E-state index in [1.165, 1.54) is 25.5 Å². The van der Waals surface area contributed by atoms with Gasteiger partial charge in [-0.1, -0.05) is 6.07 Å². The van der Waals surface area contributed by atoms with Gasteiger partial charge in [-0.15, -0.1) is 0 Å². The second-order valence-electron chi connectivity index (χ2n) is 3.60. The molecule has 17 heavy (non-hydrogen) atoms. The number of hydrogen-bond donors (Lipinski definition) is 0. The zero-order valence-corrected chi connectivity index (χ0v) is 9.49. The highest BCUT2D eigenvalue weighted by molar-refractivity contribution is 6.09. The van der Waals surface area contributed by atoms with Crippen molar-refractivity contribution in [2.45, 2.75) is 6.92 Å². The summed E-state index contributed by atoms with van der Waals surface area (Å²) in [5, 5.41) is 0. The monoisotopic (exact) mass is 234 g/mol. The van der Waals surface area contributed by atoms with Crippen molar-refractivity contribution >= 4 is 5.78 Å². The van der Waals surface area contributed by atoms with E-state index in [0.29, 0.717) is 11.3 Å². The van der Waals surface area contributed by atoms with E-state index in [1.54, 1.807) is 19.1 Å². The van der Waals surface area contributed by atoms with Crippen LogP contribution in [0.3, 0.4) is 0 Å². The number of aryl methyl sites for hydroxylation is 1. The van der Waals surface area contributed by atoms with E-state index < -0.39 is 11.6 Å². The van der Waals surface area contributed by atoms with Gasteiger partial charge in [0.1, 0.15) is 12.0 Å². The summed E-state index contributed by atoms with van der Waals surface area (Å²) in [5.41, 5.74) is 0.305. The van der Waals surface area contributed by atoms with E-state index in [0.717, 1.165) is 0 Å². The molecule has 0 fully saturated rings. The molecule has 0 spiro atoms. The summed E-state index contributed by atoms with van der Waals surface area (Å²) in [5.74, 6) is -0.412. The molecule has 88 valence electrons. The number of ether oxygens (including phenoxy) is 1. The number of halogens is 1. The van der Waals surface area contributed by atoms with E-state index in [1.807, 2.05) is 0 Å². The summed E-state index contributed by atoms with van der Waals surface area (Å²) in [6.45, 7) is 1.72. The van der Waals surface area contributed by atoms with Crippen LogP contribution >= 0.6 is 0 Å². The molecule has 1 aromatic heterocycles. The number of ketones is 1. The molecule has 1 aromatic carbocycles. The van der Waals surface area contributed by atoms with Gasteiger partial charge in [0.05, 0.1) is 18.2 Å². The maximum Gasteiger partial charge on any atom is 0.199 e. The Kier molecular flexibility index (Phi) is 2.95. The first-order chi connectivity index (χ1) is 8.13. The number of carbonyl (C=O) groups excluding carboxylic acids is 1. The first-order valence-corrected chi connectivity index (χ1v) is 5.06. The molecular weight excluding hydrogens is 223 g/mol. The van der Waals surface area contributed by atoms with E-state index in [9.17, 15) is 9.18 Å². The molecule has 0 saturated carbocycles. The molecule has 4 heteroatoms. The number of hydrogen-bond acceptors (Lipinski definition) is 3. The molecule has 2 rings (SSSR count). The molecule has 2 aromatic rings. The molecule has 0 aliphatic carbocycles. The predicted molar refractivity (Wildman–Crippen MR) is 59.8 cm³/mol. The fraction of sp³-hybridized carbons (Fsp3) is 0.154. The molecule has 0 N–H and O–H groups in total. The number of rotatable bonds is 3. The van der Waals surface area contributed by atoms with Gasteiger partial charge in [0, 0.05) is 0 Å². The second-order valence-corrected chi connectivity index (χ2v) is 3.60. The predicted octanol–water partition coefficient (Wildman–Crippen LogP) is 2.97. The molecule has 0 aliphatic rings. The fourth-order valence-corrected chi connectivity index (χ4v) is 1.56. The molecule has 0 aliphatic heterocycles. The van der Waals surface area contributed by atoms with E-state index >= 15 is 0 Å². The van der Waals surface area contributed by atoms with Crippen molar-refractivity contribution in [3.63, 3.8) is 0 Å². The minimum atomic E-state index is -0.654. The maximum atomic E-state index is 13.8. The number of carbonyl (C=O) groups is 1. The molecule has 0 amide bonds. The van der Waals surface area contributed by atoms with Crippen molar-refractivity contribution in [2.24, 2.45) is 0 Å². The molecule has 0 atom stereocenters. The Hall–Kier alpha value is -2.10. The van der Waals surface area contributed by atoms with Crippen molar-refractivity contribution in [1.29, 1.82) is 0 Å². The number of methoxy groups -OCH3 is 1. The Morgan fingerprint density at radius 1 is 1.41 bits per heavy atom. The van der Waals surface area contributed by atoms with Gasteiger partial charge in [-0.2, -0.15) is 0 Å². The standard InChI is InChI=1S/C13H11FO3/c1-8-6-9(7-17-8)13(15)10-4-3-5-11(16-2)12(10)14/h3-7H,1-2H3. The molecule has 0 saturated heterocycles. The first-order valence-electron chi connectivity index (χ1n) is 5.06. The van der Waals surface area contributed by atoms with Gasteiger partial charge >= 0.3 is 0 Å². The quantitative estimate of drug-likeness (QED) is 0.766. The lowest BCUT2D eigenvalue weighted by Crippen LogP contribution is -2.04. The van der Waals surface area contributed by atoms with Gasteiger partial charge in [-0.25, -0.2) is 4.39 Å². The van der Waals surface area contributed by atoms with Crippen molar-refractivity contribution in [3.05, 3.63) is 53.2 Å². The summed E-state index contributed by atoms with van der Waals surface area (Å²) < 4.78 is 23.7. The third-order valence-electron chi connectivity index (χ3n) is 2.42. The number of benzene rings is 1. The van der Waals surface area contributed by atoms with Crippen LogP contribution in [0.25, 0.3) is 0 Å². The topological polar surface area (TPSA) is 39.4 Å². The van der Waals surface area contributed by atoms with Gasteiger partial charge in [0.25, 0.3) is 0 Å². The Morgan fingerprint density at radius 2 is 2.18 bits per heavy atom. The third kappa shape index (κ3) is 2.06. The van der Waals surface area contributed by atoms with Crippen LogP contribution in [-0.4, -0.2) is 12.9 Å².